The summed E-state index contributed by atoms with van der Waals surface area (Å²) in [6, 6.07) is 3.95. The SMILES string of the molecule is CC(C)(C)OC(=O)CN1c2cc(C(F)(F)F)ccc2CC12CCN(CC1CCOCC1)CC2. The molecule has 1 spiro atoms. The van der Waals surface area contributed by atoms with Gasteiger partial charge in [-0.05, 0) is 76.5 Å². The number of hydrogen-bond donors (Lipinski definition) is 0. The smallest absolute Gasteiger partial charge is 0.416 e. The number of benzene rings is 1. The largest absolute Gasteiger partial charge is 0.459 e. The van der Waals surface area contributed by atoms with Crippen LogP contribution in [0.3, 0.4) is 0 Å². The first-order valence-corrected chi connectivity index (χ1v) is 11.9. The fraction of sp³-hybridized carbons (Fsp3) is 0.720. The zero-order chi connectivity index (χ0) is 23.9. The lowest BCUT2D eigenvalue weighted by molar-refractivity contribution is -0.153. The van der Waals surface area contributed by atoms with Gasteiger partial charge in [-0.1, -0.05) is 6.07 Å². The van der Waals surface area contributed by atoms with Gasteiger partial charge in [-0.15, -0.1) is 0 Å². The van der Waals surface area contributed by atoms with Crippen LogP contribution in [0.5, 0.6) is 0 Å². The van der Waals surface area contributed by atoms with Crippen molar-refractivity contribution in [2.24, 2.45) is 5.92 Å². The van der Waals surface area contributed by atoms with Crippen molar-refractivity contribution < 1.29 is 27.4 Å². The summed E-state index contributed by atoms with van der Waals surface area (Å²) in [7, 11) is 0. The molecule has 33 heavy (non-hydrogen) atoms. The van der Waals surface area contributed by atoms with Crippen molar-refractivity contribution in [2.75, 3.05) is 44.3 Å². The van der Waals surface area contributed by atoms with Gasteiger partial charge in [-0.2, -0.15) is 13.2 Å². The molecule has 3 aliphatic rings. The van der Waals surface area contributed by atoms with Gasteiger partial charge in [0.25, 0.3) is 0 Å². The number of hydrogen-bond acceptors (Lipinski definition) is 5. The van der Waals surface area contributed by atoms with Crippen LogP contribution in [0.25, 0.3) is 0 Å². The third-order valence-electron chi connectivity index (χ3n) is 7.15. The summed E-state index contributed by atoms with van der Waals surface area (Å²) in [5, 5.41) is 0. The lowest BCUT2D eigenvalue weighted by Gasteiger charge is -2.46. The number of halogens is 3. The normalized spacial score (nSPS) is 21.9. The Balaban J connectivity index is 1.53. The number of esters is 1. The molecule has 0 radical (unpaired) electrons. The van der Waals surface area contributed by atoms with Gasteiger partial charge in [-0.25, -0.2) is 0 Å². The number of carbonyl (C=O) groups is 1. The molecule has 0 aromatic heterocycles. The van der Waals surface area contributed by atoms with Crippen molar-refractivity contribution >= 4 is 11.7 Å². The van der Waals surface area contributed by atoms with E-state index in [1.165, 1.54) is 6.07 Å². The molecule has 4 rings (SSSR count). The molecule has 0 N–H and O–H groups in total. The number of rotatable bonds is 4. The van der Waals surface area contributed by atoms with Crippen molar-refractivity contribution in [3.8, 4) is 0 Å². The van der Waals surface area contributed by atoms with Gasteiger partial charge in [0.1, 0.15) is 12.1 Å². The molecule has 5 nitrogen and oxygen atoms in total. The summed E-state index contributed by atoms with van der Waals surface area (Å²) >= 11 is 0. The first-order valence-electron chi connectivity index (χ1n) is 11.9. The quantitative estimate of drug-likeness (QED) is 0.601. The second-order valence-electron chi connectivity index (χ2n) is 10.8. The number of carbonyl (C=O) groups excluding carboxylic acids is 1. The van der Waals surface area contributed by atoms with Gasteiger partial charge in [0, 0.05) is 44.1 Å². The molecule has 0 bridgehead atoms. The highest BCUT2D eigenvalue weighted by molar-refractivity contribution is 5.79. The van der Waals surface area contributed by atoms with Crippen LogP contribution in [0.2, 0.25) is 0 Å². The fourth-order valence-electron chi connectivity index (χ4n) is 5.49. The van der Waals surface area contributed by atoms with Crippen LogP contribution < -0.4 is 4.90 Å². The maximum atomic E-state index is 13.5. The summed E-state index contributed by atoms with van der Waals surface area (Å²) in [5.74, 6) is 0.234. The molecular formula is C25H35F3N2O3. The highest BCUT2D eigenvalue weighted by Gasteiger charge is 2.47. The van der Waals surface area contributed by atoms with Crippen LogP contribution in [-0.2, 0) is 26.9 Å². The van der Waals surface area contributed by atoms with Crippen LogP contribution in [0.1, 0.15) is 57.6 Å². The number of ether oxygens (including phenoxy) is 2. The predicted molar refractivity (Wildman–Crippen MR) is 120 cm³/mol. The summed E-state index contributed by atoms with van der Waals surface area (Å²) in [4.78, 5) is 17.1. The monoisotopic (exact) mass is 468 g/mol. The molecule has 0 saturated carbocycles. The zero-order valence-electron chi connectivity index (χ0n) is 19.8. The average Bonchev–Trinajstić information content (AvgIpc) is 3.01. The van der Waals surface area contributed by atoms with E-state index >= 15 is 0 Å². The number of anilines is 1. The molecule has 1 aromatic carbocycles. The lowest BCUT2D eigenvalue weighted by atomic mass is 9.83. The molecule has 2 fully saturated rings. The summed E-state index contributed by atoms with van der Waals surface area (Å²) in [6.07, 6.45) is 0.0318. The minimum Gasteiger partial charge on any atom is -0.459 e. The lowest BCUT2D eigenvalue weighted by Crippen LogP contribution is -2.56. The molecule has 0 amide bonds. The second kappa shape index (κ2) is 9.10. The van der Waals surface area contributed by atoms with Crippen molar-refractivity contribution in [3.05, 3.63) is 29.3 Å². The van der Waals surface area contributed by atoms with E-state index < -0.39 is 23.3 Å². The zero-order valence-corrected chi connectivity index (χ0v) is 19.8. The topological polar surface area (TPSA) is 42.0 Å². The molecule has 184 valence electrons. The number of piperidine rings is 1. The minimum atomic E-state index is -4.42. The van der Waals surface area contributed by atoms with E-state index in [4.69, 9.17) is 9.47 Å². The Labute approximate surface area is 194 Å². The molecule has 0 atom stereocenters. The third-order valence-corrected chi connectivity index (χ3v) is 7.15. The maximum Gasteiger partial charge on any atom is 0.416 e. The molecule has 3 aliphatic heterocycles. The van der Waals surface area contributed by atoms with Crippen LogP contribution in [0.15, 0.2) is 18.2 Å². The van der Waals surface area contributed by atoms with Gasteiger partial charge < -0.3 is 19.3 Å². The molecule has 0 unspecified atom stereocenters. The minimum absolute atomic E-state index is 0.0362. The third kappa shape index (κ3) is 5.65. The van der Waals surface area contributed by atoms with E-state index in [1.54, 1.807) is 26.8 Å². The van der Waals surface area contributed by atoms with Crippen LogP contribution in [0, 0.1) is 5.92 Å². The van der Waals surface area contributed by atoms with E-state index in [9.17, 15) is 18.0 Å². The van der Waals surface area contributed by atoms with E-state index in [0.29, 0.717) is 18.0 Å². The highest BCUT2D eigenvalue weighted by atomic mass is 19.4. The first kappa shape index (κ1) is 24.3. The van der Waals surface area contributed by atoms with Crippen LogP contribution in [0.4, 0.5) is 18.9 Å². The summed E-state index contributed by atoms with van der Waals surface area (Å²) in [5.41, 5.74) is -0.272. The number of fused-ring (bicyclic) bond motifs is 1. The van der Waals surface area contributed by atoms with Crippen molar-refractivity contribution in [1.29, 1.82) is 0 Å². The van der Waals surface area contributed by atoms with E-state index in [2.05, 4.69) is 4.90 Å². The fourth-order valence-corrected chi connectivity index (χ4v) is 5.49. The number of likely N-dealkylation sites (tertiary alicyclic amines) is 1. The van der Waals surface area contributed by atoms with Gasteiger partial charge in [0.15, 0.2) is 0 Å². The second-order valence-corrected chi connectivity index (χ2v) is 10.8. The van der Waals surface area contributed by atoms with Gasteiger partial charge in [0.05, 0.1) is 5.56 Å². The Kier molecular flexibility index (Phi) is 6.71. The van der Waals surface area contributed by atoms with Crippen LogP contribution in [-0.4, -0.2) is 61.4 Å². The van der Waals surface area contributed by atoms with Crippen molar-refractivity contribution in [3.63, 3.8) is 0 Å². The Morgan fingerprint density at radius 2 is 1.82 bits per heavy atom. The Morgan fingerprint density at radius 1 is 1.15 bits per heavy atom. The first-order chi connectivity index (χ1) is 15.5. The Hall–Kier alpha value is -1.80. The average molecular weight is 469 g/mol. The Bertz CT molecular complexity index is 851. The molecule has 2 saturated heterocycles. The summed E-state index contributed by atoms with van der Waals surface area (Å²) in [6.45, 7) is 9.80. The Morgan fingerprint density at radius 3 is 2.42 bits per heavy atom. The molecule has 0 aliphatic carbocycles. The number of alkyl halides is 3. The van der Waals surface area contributed by atoms with E-state index in [1.807, 2.05) is 4.90 Å². The van der Waals surface area contributed by atoms with Gasteiger partial charge >= 0.3 is 12.1 Å². The highest BCUT2D eigenvalue weighted by Crippen LogP contribution is 2.46. The molecular weight excluding hydrogens is 433 g/mol. The van der Waals surface area contributed by atoms with Gasteiger partial charge in [0.2, 0.25) is 0 Å². The van der Waals surface area contributed by atoms with Gasteiger partial charge in [-0.3, -0.25) is 4.79 Å². The molecule has 3 heterocycles. The van der Waals surface area contributed by atoms with Crippen LogP contribution >= 0.6 is 0 Å². The van der Waals surface area contributed by atoms with Crippen molar-refractivity contribution in [2.45, 2.75) is 70.2 Å². The molecule has 8 heteroatoms. The van der Waals surface area contributed by atoms with E-state index in [-0.39, 0.29) is 12.1 Å². The summed E-state index contributed by atoms with van der Waals surface area (Å²) < 4.78 is 51.4. The standard InChI is InChI=1S/C25H35F3N2O3/c1-23(2,3)33-22(31)17-30-21-14-20(25(26,27)28)5-4-19(21)15-24(30)8-10-29(11-9-24)16-18-6-12-32-13-7-18/h4-5,14,18H,6-13,15-17H2,1-3H3. The predicted octanol–water partition coefficient (Wildman–Crippen LogP) is 4.67. The maximum absolute atomic E-state index is 13.5. The number of nitrogens with zero attached hydrogens (tertiary/aromatic N) is 2. The molecule has 1 aromatic rings. The van der Waals surface area contributed by atoms with Crippen molar-refractivity contribution in [1.82, 2.24) is 4.90 Å². The van der Waals surface area contributed by atoms with E-state index in [0.717, 1.165) is 70.2 Å².